The maximum absolute atomic E-state index is 13.2. The van der Waals surface area contributed by atoms with Gasteiger partial charge in [-0.1, -0.05) is 50.7 Å². The molecule has 1 heterocycles. The van der Waals surface area contributed by atoms with Crippen molar-refractivity contribution in [2.24, 2.45) is 0 Å². The molecule has 0 spiro atoms. The zero-order chi connectivity index (χ0) is 17.5. The van der Waals surface area contributed by atoms with Crippen molar-refractivity contribution in [3.05, 3.63) is 52.3 Å². The monoisotopic (exact) mass is 342 g/mol. The summed E-state index contributed by atoms with van der Waals surface area (Å²) in [6.07, 6.45) is 2.35. The van der Waals surface area contributed by atoms with E-state index < -0.39 is 0 Å². The van der Waals surface area contributed by atoms with Gasteiger partial charge in [-0.3, -0.25) is 9.36 Å². The van der Waals surface area contributed by atoms with Crippen LogP contribution in [0.1, 0.15) is 31.9 Å². The smallest absolute Gasteiger partial charge is 0.258 e. The fourth-order valence-electron chi connectivity index (χ4n) is 3.38. The molecule has 0 saturated carbocycles. The largest absolute Gasteiger partial charge is 0.508 e. The van der Waals surface area contributed by atoms with Crippen LogP contribution in [0.5, 0.6) is 5.75 Å². The molecule has 4 nitrogen and oxygen atoms in total. The molecule has 0 atom stereocenters. The Kier molecular flexibility index (Phi) is 4.30. The van der Waals surface area contributed by atoms with Gasteiger partial charge in [-0.25, -0.2) is 4.98 Å². The van der Waals surface area contributed by atoms with E-state index in [1.807, 2.05) is 26.8 Å². The lowest BCUT2D eigenvalue weighted by molar-refractivity contribution is 0.442. The molecule has 2 aromatic rings. The summed E-state index contributed by atoms with van der Waals surface area (Å²) in [6, 6.07) is 5.44. The maximum atomic E-state index is 13.2. The van der Waals surface area contributed by atoms with E-state index in [9.17, 15) is 9.90 Å². The van der Waals surface area contributed by atoms with Gasteiger partial charge in [0.25, 0.3) is 5.56 Å². The highest BCUT2D eigenvalue weighted by Gasteiger charge is 2.37. The molecule has 126 valence electrons. The van der Waals surface area contributed by atoms with E-state index in [4.69, 9.17) is 4.98 Å². The third kappa shape index (κ3) is 2.57. The van der Waals surface area contributed by atoms with Gasteiger partial charge in [0.15, 0.2) is 5.16 Å². The number of aromatic nitrogens is 2. The second-order valence-electron chi connectivity index (χ2n) is 6.62. The summed E-state index contributed by atoms with van der Waals surface area (Å²) in [4.78, 5) is 18.0. The van der Waals surface area contributed by atoms with E-state index >= 15 is 0 Å². The van der Waals surface area contributed by atoms with Crippen LogP contribution < -0.4 is 5.56 Å². The van der Waals surface area contributed by atoms with Crippen molar-refractivity contribution in [3.8, 4) is 17.0 Å². The quantitative estimate of drug-likeness (QED) is 0.522. The van der Waals surface area contributed by atoms with Crippen LogP contribution in [-0.2, 0) is 18.4 Å². The topological polar surface area (TPSA) is 55.1 Å². The second kappa shape index (κ2) is 6.13. The minimum Gasteiger partial charge on any atom is -0.508 e. The van der Waals surface area contributed by atoms with Crippen molar-refractivity contribution in [3.63, 3.8) is 0 Å². The van der Waals surface area contributed by atoms with E-state index in [1.165, 1.54) is 0 Å². The van der Waals surface area contributed by atoms with Crippen LogP contribution >= 0.6 is 11.8 Å². The van der Waals surface area contributed by atoms with Crippen LogP contribution in [0.25, 0.3) is 11.3 Å². The first-order chi connectivity index (χ1) is 11.4. The Bertz CT molecular complexity index is 868. The highest BCUT2D eigenvalue weighted by molar-refractivity contribution is 7.99. The Morgan fingerprint density at radius 1 is 1.46 bits per heavy atom. The van der Waals surface area contributed by atoms with Crippen molar-refractivity contribution >= 4 is 11.8 Å². The van der Waals surface area contributed by atoms with Gasteiger partial charge in [0.2, 0.25) is 0 Å². The molecule has 0 amide bonds. The third-order valence-corrected chi connectivity index (χ3v) is 5.28. The average molecular weight is 342 g/mol. The zero-order valence-corrected chi connectivity index (χ0v) is 15.1. The Morgan fingerprint density at radius 3 is 2.88 bits per heavy atom. The minimum atomic E-state index is -0.385. The number of fused-ring (bicyclic) bond motifs is 3. The fraction of sp³-hybridized carbons (Fsp3) is 0.368. The summed E-state index contributed by atoms with van der Waals surface area (Å²) < 4.78 is 1.70. The van der Waals surface area contributed by atoms with E-state index in [1.54, 1.807) is 34.5 Å². The molecule has 0 bridgehead atoms. The van der Waals surface area contributed by atoms with Gasteiger partial charge in [-0.15, -0.1) is 6.58 Å². The molecule has 0 radical (unpaired) electrons. The molecule has 0 saturated heterocycles. The molecule has 1 aromatic heterocycles. The van der Waals surface area contributed by atoms with Crippen LogP contribution in [0.15, 0.2) is 40.8 Å². The van der Waals surface area contributed by atoms with Gasteiger partial charge in [-0.2, -0.15) is 0 Å². The Hall–Kier alpha value is -2.01. The van der Waals surface area contributed by atoms with Crippen molar-refractivity contribution in [2.75, 3.05) is 5.75 Å². The van der Waals surface area contributed by atoms with Gasteiger partial charge in [-0.05, 0) is 18.2 Å². The summed E-state index contributed by atoms with van der Waals surface area (Å²) in [6.45, 7) is 10.3. The lowest BCUT2D eigenvalue weighted by Gasteiger charge is -2.33. The summed E-state index contributed by atoms with van der Waals surface area (Å²) in [5.41, 5.74) is 2.78. The molecule has 1 N–H and O–H groups in total. The number of benzene rings is 1. The van der Waals surface area contributed by atoms with Gasteiger partial charge < -0.3 is 5.11 Å². The average Bonchev–Trinajstić information content (AvgIpc) is 2.51. The van der Waals surface area contributed by atoms with Gasteiger partial charge in [0.1, 0.15) is 5.75 Å². The zero-order valence-electron chi connectivity index (χ0n) is 14.3. The molecule has 24 heavy (non-hydrogen) atoms. The summed E-state index contributed by atoms with van der Waals surface area (Å²) in [5.74, 6) is 1.10. The summed E-state index contributed by atoms with van der Waals surface area (Å²) in [5, 5.41) is 11.0. The lowest BCUT2D eigenvalue weighted by atomic mass is 9.72. The van der Waals surface area contributed by atoms with Crippen molar-refractivity contribution in [2.45, 2.75) is 44.3 Å². The van der Waals surface area contributed by atoms with E-state index in [0.29, 0.717) is 23.8 Å². The minimum absolute atomic E-state index is 0.00478. The van der Waals surface area contributed by atoms with Crippen LogP contribution in [0.3, 0.4) is 0 Å². The van der Waals surface area contributed by atoms with E-state index in [0.717, 1.165) is 22.4 Å². The lowest BCUT2D eigenvalue weighted by Crippen LogP contribution is -2.38. The number of hydrogen-bond donors (Lipinski definition) is 1. The molecule has 5 heteroatoms. The molecule has 1 aromatic carbocycles. The van der Waals surface area contributed by atoms with Gasteiger partial charge in [0.05, 0.1) is 5.69 Å². The Balaban J connectivity index is 2.39. The number of phenols is 1. The van der Waals surface area contributed by atoms with E-state index in [2.05, 4.69) is 6.58 Å². The number of thioether (sulfide) groups is 1. The molecule has 0 unspecified atom stereocenters. The predicted octanol–water partition coefficient (Wildman–Crippen LogP) is 3.75. The van der Waals surface area contributed by atoms with Crippen molar-refractivity contribution < 1.29 is 5.11 Å². The molecule has 3 rings (SSSR count). The maximum Gasteiger partial charge on any atom is 0.258 e. The first kappa shape index (κ1) is 16.8. The molecule has 1 aliphatic carbocycles. The van der Waals surface area contributed by atoms with Crippen molar-refractivity contribution in [1.29, 1.82) is 0 Å². The normalized spacial score (nSPS) is 14.8. The molecule has 0 aliphatic heterocycles. The second-order valence-corrected chi connectivity index (χ2v) is 7.85. The summed E-state index contributed by atoms with van der Waals surface area (Å²) >= 11 is 1.55. The summed E-state index contributed by atoms with van der Waals surface area (Å²) in [7, 11) is 0. The number of allylic oxidation sites excluding steroid dienone is 1. The van der Waals surface area contributed by atoms with Crippen LogP contribution in [0.2, 0.25) is 0 Å². The highest BCUT2D eigenvalue weighted by Crippen LogP contribution is 2.43. The van der Waals surface area contributed by atoms with Crippen LogP contribution in [0, 0.1) is 0 Å². The fourth-order valence-corrected chi connectivity index (χ4v) is 4.11. The Labute approximate surface area is 146 Å². The molecular weight excluding hydrogens is 320 g/mol. The molecule has 0 fully saturated rings. The Morgan fingerprint density at radius 2 is 2.21 bits per heavy atom. The van der Waals surface area contributed by atoms with Crippen LogP contribution in [-0.4, -0.2) is 20.4 Å². The number of hydrogen-bond acceptors (Lipinski definition) is 4. The highest BCUT2D eigenvalue weighted by atomic mass is 32.2. The number of phenolic OH excluding ortho intramolecular Hbond substituents is 1. The SMILES string of the molecule is C=CCn1c(SCC)nc2c(c1=O)C(C)(C)Cc1c(O)cccc1-2. The van der Waals surface area contributed by atoms with Gasteiger partial charge in [0, 0.05) is 28.7 Å². The van der Waals surface area contributed by atoms with Gasteiger partial charge >= 0.3 is 0 Å². The molecular formula is C19H22N2O2S. The predicted molar refractivity (Wildman–Crippen MR) is 98.9 cm³/mol. The standard InChI is InChI=1S/C19H22N2O2S/c1-5-10-21-17(23)15-16(20-18(21)24-6-2)12-8-7-9-14(22)13(12)11-19(15,3)4/h5,7-9,22H,1,6,10-11H2,2-4H3. The number of nitrogens with zero attached hydrogens (tertiary/aromatic N) is 2. The first-order valence-electron chi connectivity index (χ1n) is 8.11. The van der Waals surface area contributed by atoms with Crippen LogP contribution in [0.4, 0.5) is 0 Å². The number of rotatable bonds is 4. The first-order valence-corrected chi connectivity index (χ1v) is 9.09. The van der Waals surface area contributed by atoms with E-state index in [-0.39, 0.29) is 16.7 Å². The number of aromatic hydroxyl groups is 1. The third-order valence-electron chi connectivity index (χ3n) is 4.42. The molecule has 1 aliphatic rings. The van der Waals surface area contributed by atoms with Crippen molar-refractivity contribution in [1.82, 2.24) is 9.55 Å².